The Morgan fingerprint density at radius 3 is 3.13 bits per heavy atom. The Morgan fingerprint density at radius 2 is 2.47 bits per heavy atom. The first-order chi connectivity index (χ1) is 7.09. The van der Waals surface area contributed by atoms with Gasteiger partial charge >= 0.3 is 5.97 Å². The monoisotopic (exact) mass is 272 g/mol. The lowest BCUT2D eigenvalue weighted by Gasteiger charge is -2.22. The lowest BCUT2D eigenvalue weighted by Crippen LogP contribution is -2.17. The number of carboxylic acids is 1. The van der Waals surface area contributed by atoms with E-state index in [1.54, 1.807) is 0 Å². The van der Waals surface area contributed by atoms with Gasteiger partial charge in [0.25, 0.3) is 0 Å². The van der Waals surface area contributed by atoms with Crippen molar-refractivity contribution in [3.05, 3.63) is 16.1 Å². The van der Waals surface area contributed by atoms with Gasteiger partial charge in [0, 0.05) is 6.54 Å². The van der Waals surface area contributed by atoms with Crippen LogP contribution in [0.4, 0.5) is 0 Å². The third-order valence-electron chi connectivity index (χ3n) is 2.84. The summed E-state index contributed by atoms with van der Waals surface area (Å²) in [6, 6.07) is 0. The molecule has 0 bridgehead atoms. The molecule has 1 N–H and O–H groups in total. The maximum Gasteiger partial charge on any atom is 0.311 e. The average molecular weight is 273 g/mol. The van der Waals surface area contributed by atoms with Crippen molar-refractivity contribution in [2.75, 3.05) is 0 Å². The average Bonchev–Trinajstić information content (AvgIpc) is 2.44. The number of hydrogen-bond donors (Lipinski definition) is 1. The quantitative estimate of drug-likeness (QED) is 0.898. The molecule has 0 saturated heterocycles. The summed E-state index contributed by atoms with van der Waals surface area (Å²) in [5.41, 5.74) is 1.15. The van der Waals surface area contributed by atoms with E-state index < -0.39 is 5.97 Å². The van der Waals surface area contributed by atoms with Crippen LogP contribution in [-0.4, -0.2) is 20.6 Å². The van der Waals surface area contributed by atoms with Crippen LogP contribution in [0.15, 0.2) is 4.60 Å². The molecular weight excluding hydrogens is 260 g/mol. The first-order valence-electron chi connectivity index (χ1n) is 5.06. The molecule has 1 atom stereocenters. The van der Waals surface area contributed by atoms with Crippen molar-refractivity contribution in [2.45, 2.75) is 38.6 Å². The molecule has 0 fully saturated rings. The smallest absolute Gasteiger partial charge is 0.311 e. The molecule has 4 nitrogen and oxygen atoms in total. The fourth-order valence-electron chi connectivity index (χ4n) is 2.16. The second-order valence-corrected chi connectivity index (χ2v) is 4.72. The van der Waals surface area contributed by atoms with Gasteiger partial charge in [-0.05, 0) is 34.7 Å². The van der Waals surface area contributed by atoms with Crippen molar-refractivity contribution in [3.8, 4) is 0 Å². The van der Waals surface area contributed by atoms with Crippen molar-refractivity contribution >= 4 is 21.9 Å². The Balaban J connectivity index is 2.41. The van der Waals surface area contributed by atoms with Gasteiger partial charge in [-0.15, -0.1) is 0 Å². The Hall–Kier alpha value is -0.840. The number of fused-ring (bicyclic) bond motifs is 1. The molecule has 0 saturated carbocycles. The minimum atomic E-state index is -0.825. The normalized spacial score (nSPS) is 20.0. The fraction of sp³-hybridized carbons (Fsp3) is 0.600. The van der Waals surface area contributed by atoms with Gasteiger partial charge in [-0.25, -0.2) is 4.98 Å². The molecule has 2 rings (SSSR count). The van der Waals surface area contributed by atoms with Crippen LogP contribution in [0.3, 0.4) is 0 Å². The van der Waals surface area contributed by atoms with Gasteiger partial charge in [-0.1, -0.05) is 6.92 Å². The highest BCUT2D eigenvalue weighted by molar-refractivity contribution is 9.10. The predicted molar refractivity (Wildman–Crippen MR) is 58.9 cm³/mol. The zero-order chi connectivity index (χ0) is 11.0. The van der Waals surface area contributed by atoms with Gasteiger partial charge in [-0.3, -0.25) is 4.79 Å². The van der Waals surface area contributed by atoms with Gasteiger partial charge in [0.05, 0.1) is 5.69 Å². The van der Waals surface area contributed by atoms with Crippen LogP contribution in [0, 0.1) is 0 Å². The number of halogens is 1. The number of hydrogen-bond acceptors (Lipinski definition) is 2. The molecule has 0 aromatic carbocycles. The van der Waals surface area contributed by atoms with Crippen LogP contribution >= 0.6 is 15.9 Å². The maximum atomic E-state index is 10.7. The molecule has 82 valence electrons. The highest BCUT2D eigenvalue weighted by Gasteiger charge is 2.24. The largest absolute Gasteiger partial charge is 0.481 e. The maximum absolute atomic E-state index is 10.7. The first-order valence-corrected chi connectivity index (χ1v) is 5.85. The summed E-state index contributed by atoms with van der Waals surface area (Å²) in [6.07, 6.45) is 2.26. The molecule has 0 amide bonds. The number of carboxylic acid groups (broad SMARTS) is 1. The molecular formula is C10H13BrN2O2. The summed E-state index contributed by atoms with van der Waals surface area (Å²) in [7, 11) is 0. The number of nitrogens with zero attached hydrogens (tertiary/aromatic N) is 2. The van der Waals surface area contributed by atoms with E-state index in [1.165, 1.54) is 0 Å². The number of rotatable bonds is 2. The molecule has 1 aromatic heterocycles. The first kappa shape index (κ1) is 10.7. The van der Waals surface area contributed by atoms with Crippen molar-refractivity contribution in [1.29, 1.82) is 0 Å². The molecule has 5 heteroatoms. The van der Waals surface area contributed by atoms with Crippen LogP contribution < -0.4 is 0 Å². The Morgan fingerprint density at radius 1 is 1.73 bits per heavy atom. The Bertz CT molecular complexity index is 400. The zero-order valence-electron chi connectivity index (χ0n) is 8.53. The second kappa shape index (κ2) is 3.96. The predicted octanol–water partition coefficient (Wildman–Crippen LogP) is 2.17. The summed E-state index contributed by atoms with van der Waals surface area (Å²) in [6.45, 7) is 3.04. The summed E-state index contributed by atoms with van der Waals surface area (Å²) < 4.78 is 2.86. The van der Waals surface area contributed by atoms with Gasteiger partial charge in [0.2, 0.25) is 0 Å². The third-order valence-corrected chi connectivity index (χ3v) is 3.42. The molecule has 1 aliphatic heterocycles. The number of imidazole rings is 1. The van der Waals surface area contributed by atoms with E-state index in [4.69, 9.17) is 5.11 Å². The van der Waals surface area contributed by atoms with E-state index in [2.05, 4.69) is 27.8 Å². The number of aromatic nitrogens is 2. The fourth-order valence-corrected chi connectivity index (χ4v) is 2.97. The summed E-state index contributed by atoms with van der Waals surface area (Å²) >= 11 is 3.41. The van der Waals surface area contributed by atoms with Gasteiger partial charge < -0.3 is 9.67 Å². The Labute approximate surface area is 96.4 Å². The number of carbonyl (C=O) groups is 1. The van der Waals surface area contributed by atoms with Gasteiger partial charge in [0.1, 0.15) is 16.8 Å². The summed E-state index contributed by atoms with van der Waals surface area (Å²) in [4.78, 5) is 15.0. The molecule has 1 aliphatic rings. The van der Waals surface area contributed by atoms with Crippen LogP contribution in [0.2, 0.25) is 0 Å². The molecule has 1 aromatic rings. The van der Waals surface area contributed by atoms with Crippen molar-refractivity contribution in [1.82, 2.24) is 9.55 Å². The van der Waals surface area contributed by atoms with E-state index >= 15 is 0 Å². The molecule has 15 heavy (non-hydrogen) atoms. The van der Waals surface area contributed by atoms with Crippen LogP contribution in [0.1, 0.15) is 37.2 Å². The summed E-state index contributed by atoms with van der Waals surface area (Å²) in [5.74, 6) is 0.299. The van der Waals surface area contributed by atoms with E-state index in [-0.39, 0.29) is 6.42 Å². The number of aliphatic carboxylic acids is 1. The van der Waals surface area contributed by atoms with Crippen LogP contribution in [-0.2, 0) is 17.8 Å². The van der Waals surface area contributed by atoms with Gasteiger partial charge in [-0.2, -0.15) is 0 Å². The summed E-state index contributed by atoms with van der Waals surface area (Å²) in [5, 5.41) is 8.78. The minimum absolute atomic E-state index is 0.00528. The highest BCUT2D eigenvalue weighted by atomic mass is 79.9. The van der Waals surface area contributed by atoms with E-state index in [0.717, 1.165) is 29.7 Å². The third kappa shape index (κ3) is 1.93. The van der Waals surface area contributed by atoms with Crippen LogP contribution in [0.25, 0.3) is 0 Å². The van der Waals surface area contributed by atoms with E-state index in [1.807, 2.05) is 4.57 Å². The van der Waals surface area contributed by atoms with Crippen molar-refractivity contribution < 1.29 is 9.90 Å². The van der Waals surface area contributed by atoms with E-state index in [9.17, 15) is 4.79 Å². The topological polar surface area (TPSA) is 55.1 Å². The van der Waals surface area contributed by atoms with Gasteiger partial charge in [0.15, 0.2) is 0 Å². The minimum Gasteiger partial charge on any atom is -0.481 e. The molecule has 1 unspecified atom stereocenters. The molecule has 2 heterocycles. The second-order valence-electron chi connectivity index (χ2n) is 3.97. The van der Waals surface area contributed by atoms with Crippen molar-refractivity contribution in [2.24, 2.45) is 0 Å². The molecule has 0 radical (unpaired) electrons. The highest BCUT2D eigenvalue weighted by Crippen LogP contribution is 2.33. The van der Waals surface area contributed by atoms with E-state index in [0.29, 0.717) is 11.7 Å². The van der Waals surface area contributed by atoms with Crippen LogP contribution in [0.5, 0.6) is 0 Å². The molecule has 0 spiro atoms. The lowest BCUT2D eigenvalue weighted by molar-refractivity contribution is -0.136. The standard InChI is InChI=1S/C10H13BrN2O2/c1-6-3-2-4-13-7(5-8(14)15)12-10(11)9(6)13/h6H,2-5H2,1H3,(H,14,15). The molecule has 0 aliphatic carbocycles. The SMILES string of the molecule is CC1CCCn2c(CC(=O)O)nc(Br)c21. The lowest BCUT2D eigenvalue weighted by atomic mass is 9.99. The Kier molecular flexibility index (Phi) is 2.82. The zero-order valence-corrected chi connectivity index (χ0v) is 10.1. The van der Waals surface area contributed by atoms with Crippen molar-refractivity contribution in [3.63, 3.8) is 0 Å².